The van der Waals surface area contributed by atoms with Crippen LogP contribution >= 0.6 is 22.6 Å². The topological polar surface area (TPSA) is 47.1 Å². The van der Waals surface area contributed by atoms with E-state index in [-0.39, 0.29) is 6.29 Å². The molecule has 0 aliphatic carbocycles. The van der Waals surface area contributed by atoms with Crippen LogP contribution in [0.15, 0.2) is 0 Å². The predicted molar refractivity (Wildman–Crippen MR) is 55.3 cm³/mol. The smallest absolute Gasteiger partial charge is 0.202 e. The van der Waals surface area contributed by atoms with Crippen molar-refractivity contribution < 1.29 is 9.47 Å². The average molecular weight is 294 g/mol. The SMILES string of the molecule is Cc1[nH]c(I)nc1C1OCCCO1. The fourth-order valence-electron chi connectivity index (χ4n) is 1.31. The van der Waals surface area contributed by atoms with Crippen molar-refractivity contribution in [1.82, 2.24) is 9.97 Å². The minimum absolute atomic E-state index is 0.270. The van der Waals surface area contributed by atoms with Gasteiger partial charge in [-0.1, -0.05) is 0 Å². The highest BCUT2D eigenvalue weighted by atomic mass is 127. The third kappa shape index (κ3) is 2.03. The minimum atomic E-state index is -0.270. The lowest BCUT2D eigenvalue weighted by Crippen LogP contribution is -2.18. The molecule has 2 rings (SSSR count). The number of aromatic amines is 1. The molecule has 0 unspecified atom stereocenters. The number of hydrogen-bond acceptors (Lipinski definition) is 3. The molecule has 4 nitrogen and oxygen atoms in total. The number of rotatable bonds is 1. The minimum Gasteiger partial charge on any atom is -0.347 e. The molecule has 0 amide bonds. The quantitative estimate of drug-likeness (QED) is 0.803. The number of halogens is 1. The summed E-state index contributed by atoms with van der Waals surface area (Å²) in [6, 6.07) is 0. The highest BCUT2D eigenvalue weighted by Gasteiger charge is 2.21. The highest BCUT2D eigenvalue weighted by Crippen LogP contribution is 2.24. The standard InChI is InChI=1S/C8H11IN2O2/c1-5-6(11-8(9)10-5)7-12-3-2-4-13-7/h7H,2-4H2,1H3,(H,10,11). The van der Waals surface area contributed by atoms with Gasteiger partial charge in [-0.25, -0.2) is 4.98 Å². The van der Waals surface area contributed by atoms with Crippen LogP contribution < -0.4 is 0 Å². The first-order valence-electron chi connectivity index (χ1n) is 4.22. The lowest BCUT2D eigenvalue weighted by Gasteiger charge is -2.21. The van der Waals surface area contributed by atoms with E-state index in [0.717, 1.165) is 34.9 Å². The van der Waals surface area contributed by atoms with E-state index in [4.69, 9.17) is 9.47 Å². The van der Waals surface area contributed by atoms with Crippen molar-refractivity contribution in [2.75, 3.05) is 13.2 Å². The third-order valence-corrected chi connectivity index (χ3v) is 2.45. The molecule has 0 atom stereocenters. The Bertz CT molecular complexity index is 294. The largest absolute Gasteiger partial charge is 0.347 e. The van der Waals surface area contributed by atoms with E-state index in [1.807, 2.05) is 6.92 Å². The first kappa shape index (κ1) is 9.42. The number of imidazole rings is 1. The van der Waals surface area contributed by atoms with Gasteiger partial charge in [0, 0.05) is 5.69 Å². The summed E-state index contributed by atoms with van der Waals surface area (Å²) in [6.07, 6.45) is 0.699. The summed E-state index contributed by atoms with van der Waals surface area (Å²) in [6.45, 7) is 3.49. The van der Waals surface area contributed by atoms with Gasteiger partial charge in [-0.2, -0.15) is 0 Å². The highest BCUT2D eigenvalue weighted by molar-refractivity contribution is 14.1. The lowest BCUT2D eigenvalue weighted by atomic mass is 10.3. The fourth-order valence-corrected chi connectivity index (χ4v) is 1.98. The molecule has 1 aromatic rings. The van der Waals surface area contributed by atoms with E-state index >= 15 is 0 Å². The molecule has 1 aliphatic rings. The van der Waals surface area contributed by atoms with Crippen LogP contribution in [-0.2, 0) is 9.47 Å². The van der Waals surface area contributed by atoms with Crippen molar-refractivity contribution in [3.05, 3.63) is 15.2 Å². The second kappa shape index (κ2) is 3.93. The van der Waals surface area contributed by atoms with Gasteiger partial charge in [0.15, 0.2) is 3.83 Å². The molecule has 72 valence electrons. The van der Waals surface area contributed by atoms with Gasteiger partial charge >= 0.3 is 0 Å². The zero-order chi connectivity index (χ0) is 9.26. The Morgan fingerprint density at radius 3 is 2.69 bits per heavy atom. The molecule has 5 heteroatoms. The Kier molecular flexibility index (Phi) is 2.85. The maximum Gasteiger partial charge on any atom is 0.202 e. The molecular weight excluding hydrogens is 283 g/mol. The lowest BCUT2D eigenvalue weighted by molar-refractivity contribution is -0.185. The van der Waals surface area contributed by atoms with Gasteiger partial charge in [0.05, 0.1) is 13.2 Å². The Morgan fingerprint density at radius 1 is 1.46 bits per heavy atom. The van der Waals surface area contributed by atoms with Crippen molar-refractivity contribution in [3.8, 4) is 0 Å². The van der Waals surface area contributed by atoms with Crippen LogP contribution in [-0.4, -0.2) is 23.2 Å². The van der Waals surface area contributed by atoms with E-state index in [1.54, 1.807) is 0 Å². The van der Waals surface area contributed by atoms with Gasteiger partial charge in [0.1, 0.15) is 5.69 Å². The molecule has 0 aromatic carbocycles. The van der Waals surface area contributed by atoms with Crippen molar-refractivity contribution in [3.63, 3.8) is 0 Å². The van der Waals surface area contributed by atoms with Crippen LogP contribution in [0.5, 0.6) is 0 Å². The molecule has 0 saturated carbocycles. The summed E-state index contributed by atoms with van der Waals surface area (Å²) < 4.78 is 11.8. The summed E-state index contributed by atoms with van der Waals surface area (Å²) in [7, 11) is 0. The second-order valence-electron chi connectivity index (χ2n) is 2.96. The molecule has 1 aromatic heterocycles. The van der Waals surface area contributed by atoms with Gasteiger partial charge < -0.3 is 14.5 Å². The van der Waals surface area contributed by atoms with Crippen LogP contribution in [0.1, 0.15) is 24.1 Å². The van der Waals surface area contributed by atoms with Gasteiger partial charge in [-0.15, -0.1) is 0 Å². The molecule has 1 N–H and O–H groups in total. The van der Waals surface area contributed by atoms with Crippen LogP contribution in [0.2, 0.25) is 0 Å². The molecular formula is C8H11IN2O2. The van der Waals surface area contributed by atoms with Gasteiger partial charge in [-0.3, -0.25) is 0 Å². The summed E-state index contributed by atoms with van der Waals surface area (Å²) in [5.41, 5.74) is 1.90. The number of aromatic nitrogens is 2. The Hall–Kier alpha value is -0.140. The normalized spacial score (nSPS) is 19.2. The number of H-pyrrole nitrogens is 1. The zero-order valence-electron chi connectivity index (χ0n) is 7.34. The van der Waals surface area contributed by atoms with Gasteiger partial charge in [0.25, 0.3) is 0 Å². The van der Waals surface area contributed by atoms with E-state index in [2.05, 4.69) is 32.6 Å². The average Bonchev–Trinajstić information content (AvgIpc) is 2.47. The van der Waals surface area contributed by atoms with E-state index in [9.17, 15) is 0 Å². The number of aryl methyl sites for hydroxylation is 1. The summed E-state index contributed by atoms with van der Waals surface area (Å²) in [4.78, 5) is 7.44. The molecule has 1 saturated heterocycles. The van der Waals surface area contributed by atoms with Crippen LogP contribution in [0.4, 0.5) is 0 Å². The van der Waals surface area contributed by atoms with Crippen molar-refractivity contribution in [1.29, 1.82) is 0 Å². The maximum absolute atomic E-state index is 5.45. The number of nitrogens with zero attached hydrogens (tertiary/aromatic N) is 1. The van der Waals surface area contributed by atoms with Gasteiger partial charge in [0.2, 0.25) is 6.29 Å². The Balaban J connectivity index is 2.18. The first-order valence-corrected chi connectivity index (χ1v) is 5.30. The third-order valence-electron chi connectivity index (χ3n) is 1.94. The summed E-state index contributed by atoms with van der Waals surface area (Å²) >= 11 is 2.14. The van der Waals surface area contributed by atoms with Crippen LogP contribution in [0, 0.1) is 10.8 Å². The van der Waals surface area contributed by atoms with Crippen molar-refractivity contribution in [2.24, 2.45) is 0 Å². The Labute approximate surface area is 90.2 Å². The molecule has 0 radical (unpaired) electrons. The monoisotopic (exact) mass is 294 g/mol. The molecule has 0 bridgehead atoms. The van der Waals surface area contributed by atoms with Crippen molar-refractivity contribution in [2.45, 2.75) is 19.6 Å². The van der Waals surface area contributed by atoms with Crippen LogP contribution in [0.25, 0.3) is 0 Å². The zero-order valence-corrected chi connectivity index (χ0v) is 9.50. The number of nitrogens with one attached hydrogen (secondary N) is 1. The molecule has 0 spiro atoms. The summed E-state index contributed by atoms with van der Waals surface area (Å²) in [5.74, 6) is 0. The van der Waals surface area contributed by atoms with E-state index in [0.29, 0.717) is 0 Å². The number of ether oxygens (including phenoxy) is 2. The molecule has 2 heterocycles. The second-order valence-corrected chi connectivity index (χ2v) is 3.99. The van der Waals surface area contributed by atoms with Crippen LogP contribution in [0.3, 0.4) is 0 Å². The fraction of sp³-hybridized carbons (Fsp3) is 0.625. The number of hydrogen-bond donors (Lipinski definition) is 1. The first-order chi connectivity index (χ1) is 6.27. The molecule has 1 fully saturated rings. The predicted octanol–water partition coefficient (Wildman–Crippen LogP) is 1.76. The van der Waals surface area contributed by atoms with Gasteiger partial charge in [-0.05, 0) is 35.9 Å². The van der Waals surface area contributed by atoms with E-state index in [1.165, 1.54) is 0 Å². The van der Waals surface area contributed by atoms with Crippen molar-refractivity contribution >= 4 is 22.6 Å². The Morgan fingerprint density at radius 2 is 2.15 bits per heavy atom. The van der Waals surface area contributed by atoms with E-state index < -0.39 is 0 Å². The summed E-state index contributed by atoms with van der Waals surface area (Å²) in [5, 5.41) is 0. The maximum atomic E-state index is 5.45. The molecule has 1 aliphatic heterocycles. The molecule has 13 heavy (non-hydrogen) atoms.